The largest absolute Gasteiger partial charge is 0.482 e. The summed E-state index contributed by atoms with van der Waals surface area (Å²) in [6, 6.07) is 0. The van der Waals surface area contributed by atoms with Gasteiger partial charge in [0, 0.05) is 17.1 Å². The zero-order valence-corrected chi connectivity index (χ0v) is 11.0. The lowest BCUT2D eigenvalue weighted by molar-refractivity contribution is 0.468. The van der Waals surface area contributed by atoms with Gasteiger partial charge in [-0.05, 0) is 48.6 Å². The molecule has 1 aromatic rings. The van der Waals surface area contributed by atoms with Crippen LogP contribution in [0.2, 0.25) is 0 Å². The van der Waals surface area contributed by atoms with E-state index < -0.39 is 13.3 Å². The lowest BCUT2D eigenvalue weighted by atomic mass is 9.76. The Morgan fingerprint density at radius 2 is 1.63 bits per heavy atom. The number of hydrogen-bond donors (Lipinski definition) is 1. The SMILES string of the molecule is Cc1c(CN)c(C)c(N=[N+]=[N-])c(C)c1C[B-](F)(F)F. The summed E-state index contributed by atoms with van der Waals surface area (Å²) in [6.45, 7) is 0.0310. The molecular weight excluding hydrogens is 256 g/mol. The number of halogens is 3. The number of benzene rings is 1. The smallest absolute Gasteiger partial charge is 0.449 e. The maximum absolute atomic E-state index is 12.7. The third-order valence-electron chi connectivity index (χ3n) is 3.31. The van der Waals surface area contributed by atoms with Crippen LogP contribution in [0.15, 0.2) is 5.11 Å². The average molecular weight is 271 g/mol. The predicted octanol–water partition coefficient (Wildman–Crippen LogP) is 3.94. The van der Waals surface area contributed by atoms with Crippen molar-refractivity contribution in [3.05, 3.63) is 38.3 Å². The van der Waals surface area contributed by atoms with Gasteiger partial charge in [-0.3, -0.25) is 0 Å². The van der Waals surface area contributed by atoms with Crippen LogP contribution in [-0.2, 0) is 12.9 Å². The molecule has 0 saturated carbocycles. The molecule has 19 heavy (non-hydrogen) atoms. The first-order valence-corrected chi connectivity index (χ1v) is 5.80. The normalized spacial score (nSPS) is 11.3. The Balaban J connectivity index is 3.62. The highest BCUT2D eigenvalue weighted by molar-refractivity contribution is 6.57. The zero-order valence-electron chi connectivity index (χ0n) is 11.0. The Morgan fingerprint density at radius 3 is 2.05 bits per heavy atom. The molecular formula is C11H15BF3N4-. The first-order chi connectivity index (χ1) is 8.72. The second-order valence-electron chi connectivity index (χ2n) is 4.49. The van der Waals surface area contributed by atoms with E-state index in [0.29, 0.717) is 22.3 Å². The van der Waals surface area contributed by atoms with E-state index in [1.54, 1.807) is 20.8 Å². The van der Waals surface area contributed by atoms with E-state index in [2.05, 4.69) is 10.0 Å². The van der Waals surface area contributed by atoms with Crippen molar-refractivity contribution in [3.63, 3.8) is 0 Å². The van der Waals surface area contributed by atoms with Gasteiger partial charge in [0.2, 0.25) is 0 Å². The molecule has 0 spiro atoms. The summed E-state index contributed by atoms with van der Waals surface area (Å²) < 4.78 is 38.0. The van der Waals surface area contributed by atoms with Crippen LogP contribution >= 0.6 is 0 Å². The Kier molecular flexibility index (Phi) is 4.50. The monoisotopic (exact) mass is 271 g/mol. The first-order valence-electron chi connectivity index (χ1n) is 5.80. The summed E-state index contributed by atoms with van der Waals surface area (Å²) in [6.07, 6.45) is -0.987. The molecule has 2 N–H and O–H groups in total. The molecule has 1 aromatic carbocycles. The molecule has 0 aromatic heterocycles. The van der Waals surface area contributed by atoms with Gasteiger partial charge in [0.25, 0.3) is 0 Å². The van der Waals surface area contributed by atoms with Crippen molar-refractivity contribution < 1.29 is 12.9 Å². The Bertz CT molecular complexity index is 548. The van der Waals surface area contributed by atoms with E-state index in [9.17, 15) is 12.9 Å². The van der Waals surface area contributed by atoms with E-state index in [0.717, 1.165) is 0 Å². The van der Waals surface area contributed by atoms with Gasteiger partial charge >= 0.3 is 6.98 Å². The molecule has 0 atom stereocenters. The van der Waals surface area contributed by atoms with Crippen LogP contribution in [0.1, 0.15) is 27.8 Å². The summed E-state index contributed by atoms with van der Waals surface area (Å²) in [5.74, 6) is 0. The molecule has 0 saturated heterocycles. The number of nitrogens with zero attached hydrogens (tertiary/aromatic N) is 3. The molecule has 0 unspecified atom stereocenters. The maximum Gasteiger partial charge on any atom is 0.482 e. The van der Waals surface area contributed by atoms with Gasteiger partial charge in [0.05, 0.1) is 0 Å². The summed E-state index contributed by atoms with van der Waals surface area (Å²) in [4.78, 5) is 2.68. The highest BCUT2D eigenvalue weighted by Crippen LogP contribution is 2.35. The standard InChI is InChI=1S/C11H15BF3N4/c1-6-9(4-12(13,14)15)7(2)11(18-19-17)8(3)10(6)5-16/h4-5,16H2,1-3H3/q-1. The fraction of sp³-hybridized carbons (Fsp3) is 0.455. The van der Waals surface area contributed by atoms with E-state index in [1.165, 1.54) is 0 Å². The molecule has 0 aliphatic rings. The highest BCUT2D eigenvalue weighted by atomic mass is 19.4. The average Bonchev–Trinajstić information content (AvgIpc) is 2.30. The van der Waals surface area contributed by atoms with Crippen LogP contribution in [0.5, 0.6) is 0 Å². The van der Waals surface area contributed by atoms with Gasteiger partial charge in [0.1, 0.15) is 0 Å². The lowest BCUT2D eigenvalue weighted by Crippen LogP contribution is -2.22. The van der Waals surface area contributed by atoms with Gasteiger partial charge in [0.15, 0.2) is 0 Å². The summed E-state index contributed by atoms with van der Waals surface area (Å²) >= 11 is 0. The van der Waals surface area contributed by atoms with Crippen molar-refractivity contribution in [3.8, 4) is 0 Å². The molecule has 0 amide bonds. The van der Waals surface area contributed by atoms with E-state index in [4.69, 9.17) is 11.3 Å². The van der Waals surface area contributed by atoms with Crippen molar-refractivity contribution in [2.45, 2.75) is 33.6 Å². The number of hydrogen-bond acceptors (Lipinski definition) is 2. The number of azide groups is 1. The van der Waals surface area contributed by atoms with Gasteiger partial charge in [-0.2, -0.15) is 0 Å². The molecule has 0 aliphatic heterocycles. The molecule has 1 rings (SSSR count). The minimum atomic E-state index is -4.95. The molecule has 0 radical (unpaired) electrons. The molecule has 4 nitrogen and oxygen atoms in total. The lowest BCUT2D eigenvalue weighted by Gasteiger charge is -2.23. The van der Waals surface area contributed by atoms with Crippen LogP contribution in [0.3, 0.4) is 0 Å². The van der Waals surface area contributed by atoms with Gasteiger partial charge in [-0.15, -0.1) is 0 Å². The second kappa shape index (κ2) is 5.55. The predicted molar refractivity (Wildman–Crippen MR) is 70.1 cm³/mol. The van der Waals surface area contributed by atoms with Crippen molar-refractivity contribution in [1.29, 1.82) is 0 Å². The van der Waals surface area contributed by atoms with Gasteiger partial charge < -0.3 is 18.7 Å². The van der Waals surface area contributed by atoms with E-state index >= 15 is 0 Å². The van der Waals surface area contributed by atoms with Crippen molar-refractivity contribution in [2.24, 2.45) is 10.8 Å². The van der Waals surface area contributed by atoms with Crippen LogP contribution < -0.4 is 5.73 Å². The van der Waals surface area contributed by atoms with Gasteiger partial charge in [-0.1, -0.05) is 17.0 Å². The molecule has 104 valence electrons. The summed E-state index contributed by atoms with van der Waals surface area (Å²) in [7, 11) is 0. The minimum Gasteiger partial charge on any atom is -0.449 e. The first kappa shape index (κ1) is 15.4. The number of nitrogens with two attached hydrogens (primary N) is 1. The number of rotatable bonds is 4. The van der Waals surface area contributed by atoms with Crippen LogP contribution in [0.25, 0.3) is 10.4 Å². The van der Waals surface area contributed by atoms with Crippen molar-refractivity contribution in [1.82, 2.24) is 0 Å². The third-order valence-corrected chi connectivity index (χ3v) is 3.31. The summed E-state index contributed by atoms with van der Waals surface area (Å²) in [5.41, 5.74) is 16.7. The fourth-order valence-electron chi connectivity index (χ4n) is 2.35. The Labute approximate surface area is 109 Å². The minimum absolute atomic E-state index is 0.115. The molecule has 0 bridgehead atoms. The van der Waals surface area contributed by atoms with Crippen molar-refractivity contribution in [2.75, 3.05) is 0 Å². The summed E-state index contributed by atoms with van der Waals surface area (Å²) in [5, 5.41) is 3.51. The van der Waals surface area contributed by atoms with E-state index in [-0.39, 0.29) is 17.8 Å². The zero-order chi connectivity index (χ0) is 14.8. The van der Waals surface area contributed by atoms with Crippen LogP contribution in [0, 0.1) is 20.8 Å². The fourth-order valence-corrected chi connectivity index (χ4v) is 2.35. The third kappa shape index (κ3) is 3.21. The topological polar surface area (TPSA) is 74.8 Å². The van der Waals surface area contributed by atoms with E-state index in [1.807, 2.05) is 0 Å². The van der Waals surface area contributed by atoms with Crippen LogP contribution in [-0.4, -0.2) is 6.98 Å². The highest BCUT2D eigenvalue weighted by Gasteiger charge is 2.27. The molecule has 0 heterocycles. The molecule has 0 aliphatic carbocycles. The van der Waals surface area contributed by atoms with Crippen LogP contribution in [0.4, 0.5) is 18.6 Å². The second-order valence-corrected chi connectivity index (χ2v) is 4.49. The molecule has 8 heteroatoms. The van der Waals surface area contributed by atoms with Crippen molar-refractivity contribution >= 4 is 12.7 Å². The quantitative estimate of drug-likeness (QED) is 0.383. The molecule has 0 fully saturated rings. The maximum atomic E-state index is 12.7. The Morgan fingerprint density at radius 1 is 1.11 bits per heavy atom. The Hall–Kier alpha value is -1.66. The van der Waals surface area contributed by atoms with Gasteiger partial charge in [-0.25, -0.2) is 0 Å².